The average Bonchev–Trinajstić information content (AvgIpc) is 3.09. The van der Waals surface area contributed by atoms with Gasteiger partial charge in [-0.05, 0) is 81.4 Å². The fraction of sp³-hybridized carbons (Fsp3) is 0.609. The van der Waals surface area contributed by atoms with Crippen LogP contribution in [0.4, 0.5) is 15.0 Å². The molecule has 0 atom stereocenters. The minimum Gasteiger partial charge on any atom is -0.317 e. The smallest absolute Gasteiger partial charge is 0.317 e. The average molecular weight is 443 g/mol. The predicted octanol–water partition coefficient (Wildman–Crippen LogP) is 2.34. The molecular formula is C23H31FN6O2. The summed E-state index contributed by atoms with van der Waals surface area (Å²) in [6, 6.07) is 2.91. The number of fused-ring (bicyclic) bond motifs is 1. The van der Waals surface area contributed by atoms with Crippen LogP contribution in [0.5, 0.6) is 0 Å². The molecule has 172 valence electrons. The van der Waals surface area contributed by atoms with E-state index in [1.807, 2.05) is 13.1 Å². The van der Waals surface area contributed by atoms with Crippen LogP contribution in [0.2, 0.25) is 0 Å². The minimum atomic E-state index is -0.508. The van der Waals surface area contributed by atoms with Gasteiger partial charge in [-0.1, -0.05) is 0 Å². The second-order valence-corrected chi connectivity index (χ2v) is 9.36. The first-order valence-corrected chi connectivity index (χ1v) is 11.7. The molecule has 32 heavy (non-hydrogen) atoms. The zero-order chi connectivity index (χ0) is 22.2. The number of hydrogen-bond acceptors (Lipinski definition) is 5. The van der Waals surface area contributed by atoms with E-state index in [9.17, 15) is 9.59 Å². The standard InChI is InChI=1S/C23H31FN6O2/c1-28-20-13-17(16-4-9-29(10-5-16)14-15-2-7-25-8-3-15)19(24)12-18(20)22(27-28)30-11-6-21(31)26-23(30)32/h12-13,15-16,25H,2-11,14H2,1H3,(H,26,31,32). The van der Waals surface area contributed by atoms with Gasteiger partial charge < -0.3 is 10.2 Å². The number of aryl methyl sites for hydroxylation is 1. The van der Waals surface area contributed by atoms with Crippen molar-refractivity contribution in [1.29, 1.82) is 0 Å². The van der Waals surface area contributed by atoms with E-state index in [2.05, 4.69) is 20.6 Å². The molecule has 0 radical (unpaired) electrons. The number of rotatable bonds is 4. The summed E-state index contributed by atoms with van der Waals surface area (Å²) in [4.78, 5) is 27.7. The molecule has 0 saturated carbocycles. The van der Waals surface area contributed by atoms with Crippen molar-refractivity contribution in [2.45, 2.75) is 38.0 Å². The molecule has 3 aliphatic heterocycles. The molecule has 5 rings (SSSR count). The lowest BCUT2D eigenvalue weighted by Gasteiger charge is -2.35. The lowest BCUT2D eigenvalue weighted by molar-refractivity contribution is -0.120. The van der Waals surface area contributed by atoms with Crippen molar-refractivity contribution in [1.82, 2.24) is 25.3 Å². The Morgan fingerprint density at radius 3 is 2.56 bits per heavy atom. The second kappa shape index (κ2) is 8.78. The molecule has 0 bridgehead atoms. The first kappa shape index (κ1) is 21.3. The number of hydrogen-bond donors (Lipinski definition) is 2. The third-order valence-electron chi connectivity index (χ3n) is 7.26. The monoisotopic (exact) mass is 442 g/mol. The first-order chi connectivity index (χ1) is 15.5. The minimum absolute atomic E-state index is 0.193. The van der Waals surface area contributed by atoms with E-state index in [-0.39, 0.29) is 30.6 Å². The normalized spacial score (nSPS) is 22.0. The van der Waals surface area contributed by atoms with Gasteiger partial charge in [0.05, 0.1) is 5.52 Å². The summed E-state index contributed by atoms with van der Waals surface area (Å²) >= 11 is 0. The number of halogens is 1. The van der Waals surface area contributed by atoms with Crippen molar-refractivity contribution in [2.24, 2.45) is 13.0 Å². The molecular weight excluding hydrogens is 411 g/mol. The second-order valence-electron chi connectivity index (χ2n) is 9.36. The van der Waals surface area contributed by atoms with Crippen molar-refractivity contribution in [3.63, 3.8) is 0 Å². The van der Waals surface area contributed by atoms with Crippen molar-refractivity contribution >= 4 is 28.7 Å². The highest BCUT2D eigenvalue weighted by molar-refractivity contribution is 6.08. The summed E-state index contributed by atoms with van der Waals surface area (Å²) in [5, 5.41) is 10.8. The van der Waals surface area contributed by atoms with Gasteiger partial charge in [0.25, 0.3) is 0 Å². The van der Waals surface area contributed by atoms with Gasteiger partial charge in [-0.15, -0.1) is 0 Å². The van der Waals surface area contributed by atoms with Crippen LogP contribution in [-0.4, -0.2) is 65.9 Å². The lowest BCUT2D eigenvalue weighted by atomic mass is 9.87. The number of imide groups is 1. The van der Waals surface area contributed by atoms with Crippen LogP contribution in [0.15, 0.2) is 12.1 Å². The van der Waals surface area contributed by atoms with E-state index in [4.69, 9.17) is 0 Å². The number of likely N-dealkylation sites (tertiary alicyclic amines) is 1. The summed E-state index contributed by atoms with van der Waals surface area (Å²) < 4.78 is 17.0. The molecule has 3 saturated heterocycles. The van der Waals surface area contributed by atoms with Gasteiger partial charge >= 0.3 is 6.03 Å². The van der Waals surface area contributed by atoms with Crippen LogP contribution in [0.1, 0.15) is 43.6 Å². The fourth-order valence-corrected chi connectivity index (χ4v) is 5.41. The third-order valence-corrected chi connectivity index (χ3v) is 7.26. The number of nitrogens with zero attached hydrogens (tertiary/aromatic N) is 4. The van der Waals surface area contributed by atoms with Gasteiger partial charge in [0, 0.05) is 31.9 Å². The molecule has 3 amide bonds. The van der Waals surface area contributed by atoms with Crippen LogP contribution in [0.3, 0.4) is 0 Å². The molecule has 0 spiro atoms. The van der Waals surface area contributed by atoms with Gasteiger partial charge in [-0.25, -0.2) is 9.18 Å². The Kier molecular flexibility index (Phi) is 5.86. The van der Waals surface area contributed by atoms with Crippen molar-refractivity contribution in [3.05, 3.63) is 23.5 Å². The van der Waals surface area contributed by atoms with Crippen molar-refractivity contribution in [3.8, 4) is 0 Å². The maximum absolute atomic E-state index is 15.3. The van der Waals surface area contributed by atoms with E-state index >= 15 is 4.39 Å². The number of urea groups is 1. The summed E-state index contributed by atoms with van der Waals surface area (Å²) in [5.41, 5.74) is 1.55. The lowest BCUT2D eigenvalue weighted by Crippen LogP contribution is -2.49. The van der Waals surface area contributed by atoms with Gasteiger partial charge in [0.1, 0.15) is 5.82 Å². The van der Waals surface area contributed by atoms with Crippen LogP contribution >= 0.6 is 0 Å². The molecule has 3 fully saturated rings. The van der Waals surface area contributed by atoms with Gasteiger partial charge in [-0.3, -0.25) is 19.7 Å². The number of aromatic nitrogens is 2. The molecule has 0 aliphatic carbocycles. The Labute approximate surface area is 187 Å². The van der Waals surface area contributed by atoms with E-state index in [0.717, 1.165) is 62.6 Å². The number of nitrogens with one attached hydrogen (secondary N) is 2. The number of amides is 3. The van der Waals surface area contributed by atoms with E-state index in [0.29, 0.717) is 11.2 Å². The Bertz CT molecular complexity index is 1020. The molecule has 4 heterocycles. The summed E-state index contributed by atoms with van der Waals surface area (Å²) in [5.74, 6) is 0.826. The zero-order valence-corrected chi connectivity index (χ0v) is 18.6. The first-order valence-electron chi connectivity index (χ1n) is 11.7. The highest BCUT2D eigenvalue weighted by Crippen LogP contribution is 2.35. The van der Waals surface area contributed by atoms with Crippen molar-refractivity contribution in [2.75, 3.05) is 44.2 Å². The molecule has 8 nitrogen and oxygen atoms in total. The SMILES string of the molecule is Cn1nc(N2CCC(=O)NC2=O)c2cc(F)c(C3CCN(CC4CCNCC4)CC3)cc21. The quantitative estimate of drug-likeness (QED) is 0.760. The predicted molar refractivity (Wildman–Crippen MR) is 120 cm³/mol. The molecule has 2 aromatic rings. The number of benzene rings is 1. The number of anilines is 1. The summed E-state index contributed by atoms with van der Waals surface area (Å²) in [7, 11) is 1.81. The molecule has 1 aromatic heterocycles. The Balaban J connectivity index is 1.32. The maximum Gasteiger partial charge on any atom is 0.329 e. The molecule has 9 heteroatoms. The number of carbonyl (C=O) groups is 2. The topological polar surface area (TPSA) is 82.5 Å². The highest BCUT2D eigenvalue weighted by Gasteiger charge is 2.30. The molecule has 2 N–H and O–H groups in total. The van der Waals surface area contributed by atoms with E-state index in [1.54, 1.807) is 4.68 Å². The van der Waals surface area contributed by atoms with Crippen LogP contribution < -0.4 is 15.5 Å². The van der Waals surface area contributed by atoms with Crippen LogP contribution in [-0.2, 0) is 11.8 Å². The Morgan fingerprint density at radius 2 is 1.84 bits per heavy atom. The largest absolute Gasteiger partial charge is 0.329 e. The summed E-state index contributed by atoms with van der Waals surface area (Å²) in [6.07, 6.45) is 4.61. The molecule has 3 aliphatic rings. The van der Waals surface area contributed by atoms with Crippen molar-refractivity contribution < 1.29 is 14.0 Å². The number of piperidine rings is 2. The van der Waals surface area contributed by atoms with E-state index < -0.39 is 6.03 Å². The fourth-order valence-electron chi connectivity index (χ4n) is 5.41. The molecule has 1 aromatic carbocycles. The Hall–Kier alpha value is -2.52. The third kappa shape index (κ3) is 4.11. The van der Waals surface area contributed by atoms with Crippen LogP contribution in [0.25, 0.3) is 10.9 Å². The van der Waals surface area contributed by atoms with E-state index in [1.165, 1.54) is 23.8 Å². The Morgan fingerprint density at radius 1 is 1.09 bits per heavy atom. The summed E-state index contributed by atoms with van der Waals surface area (Å²) in [6.45, 7) is 5.65. The van der Waals surface area contributed by atoms with Gasteiger partial charge in [-0.2, -0.15) is 5.10 Å². The zero-order valence-electron chi connectivity index (χ0n) is 18.6. The van der Waals surface area contributed by atoms with Gasteiger partial charge in [0.15, 0.2) is 5.82 Å². The number of carbonyl (C=O) groups excluding carboxylic acids is 2. The van der Waals surface area contributed by atoms with Gasteiger partial charge in [0.2, 0.25) is 5.91 Å². The maximum atomic E-state index is 15.3. The van der Waals surface area contributed by atoms with Crippen LogP contribution in [0, 0.1) is 11.7 Å². The molecule has 0 unspecified atom stereocenters. The highest BCUT2D eigenvalue weighted by atomic mass is 19.1.